The van der Waals surface area contributed by atoms with Crippen LogP contribution in [0.25, 0.3) is 33.5 Å². The number of carbonyl (C=O) groups excluding carboxylic acids is 1. The molecule has 4 aromatic rings. The van der Waals surface area contributed by atoms with Crippen molar-refractivity contribution in [3.8, 4) is 11.4 Å². The molecular formula is C20H21N7O3. The Morgan fingerprint density at radius 1 is 1.33 bits per heavy atom. The highest BCUT2D eigenvalue weighted by Crippen LogP contribution is 2.26. The number of carboxylic acid groups (broad SMARTS) is 1. The third-order valence-electron chi connectivity index (χ3n) is 4.84. The van der Waals surface area contributed by atoms with Gasteiger partial charge in [-0.25, -0.2) is 14.8 Å². The summed E-state index contributed by atoms with van der Waals surface area (Å²) in [6.45, 7) is 3.91. The Balaban J connectivity index is 1.64. The number of hydrogen-bond acceptors (Lipinski definition) is 5. The molecule has 0 spiro atoms. The van der Waals surface area contributed by atoms with Crippen molar-refractivity contribution in [3.05, 3.63) is 41.7 Å². The highest BCUT2D eigenvalue weighted by Gasteiger charge is 2.19. The second kappa shape index (κ2) is 7.47. The number of aryl methyl sites for hydroxylation is 1. The summed E-state index contributed by atoms with van der Waals surface area (Å²) < 4.78 is 0. The molecule has 154 valence electrons. The fraction of sp³-hybridized carbons (Fsp3) is 0.250. The number of nitrogens with one attached hydrogen (secondary N) is 3. The molecule has 30 heavy (non-hydrogen) atoms. The number of carbonyl (C=O) groups is 2. The summed E-state index contributed by atoms with van der Waals surface area (Å²) in [5, 5.41) is 20.1. The number of fused-ring (bicyclic) bond motifs is 2. The van der Waals surface area contributed by atoms with E-state index >= 15 is 0 Å². The first-order chi connectivity index (χ1) is 14.3. The Bertz CT molecular complexity index is 1260. The maximum Gasteiger partial charge on any atom is 0.407 e. The van der Waals surface area contributed by atoms with Gasteiger partial charge in [0, 0.05) is 31.2 Å². The molecule has 3 heterocycles. The first-order valence-electron chi connectivity index (χ1n) is 9.37. The van der Waals surface area contributed by atoms with Crippen molar-refractivity contribution in [2.75, 3.05) is 13.6 Å². The molecule has 10 nitrogen and oxygen atoms in total. The molecule has 0 saturated heterocycles. The van der Waals surface area contributed by atoms with Gasteiger partial charge >= 0.3 is 6.09 Å². The molecule has 0 bridgehead atoms. The largest absolute Gasteiger partial charge is 0.465 e. The summed E-state index contributed by atoms with van der Waals surface area (Å²) in [7, 11) is 1.45. The summed E-state index contributed by atoms with van der Waals surface area (Å²) in [6, 6.07) is 5.60. The zero-order valence-electron chi connectivity index (χ0n) is 16.7. The highest BCUT2D eigenvalue weighted by atomic mass is 16.4. The van der Waals surface area contributed by atoms with Crippen LogP contribution in [0, 0.1) is 6.92 Å². The maximum atomic E-state index is 12.7. The minimum Gasteiger partial charge on any atom is -0.465 e. The van der Waals surface area contributed by atoms with E-state index in [1.807, 2.05) is 25.1 Å². The van der Waals surface area contributed by atoms with Crippen molar-refractivity contribution in [2.24, 2.45) is 0 Å². The van der Waals surface area contributed by atoms with Gasteiger partial charge in [-0.3, -0.25) is 9.89 Å². The van der Waals surface area contributed by atoms with Gasteiger partial charge in [-0.1, -0.05) is 12.1 Å². The predicted octanol–water partition coefficient (Wildman–Crippen LogP) is 2.54. The van der Waals surface area contributed by atoms with Gasteiger partial charge < -0.3 is 20.3 Å². The van der Waals surface area contributed by atoms with E-state index in [4.69, 9.17) is 5.11 Å². The molecule has 3 aromatic heterocycles. The van der Waals surface area contributed by atoms with Crippen LogP contribution in [0.4, 0.5) is 4.79 Å². The van der Waals surface area contributed by atoms with E-state index in [0.717, 1.165) is 21.4 Å². The number of H-pyrrole nitrogens is 2. The van der Waals surface area contributed by atoms with E-state index < -0.39 is 6.09 Å². The molecule has 0 radical (unpaired) electrons. The van der Waals surface area contributed by atoms with Crippen LogP contribution in [0.3, 0.4) is 0 Å². The van der Waals surface area contributed by atoms with Crippen molar-refractivity contribution in [3.63, 3.8) is 0 Å². The summed E-state index contributed by atoms with van der Waals surface area (Å²) in [5.41, 5.74) is 4.46. The molecule has 2 amide bonds. The number of aromatic nitrogens is 5. The van der Waals surface area contributed by atoms with Crippen molar-refractivity contribution in [1.29, 1.82) is 0 Å². The average Bonchev–Trinajstić information content (AvgIpc) is 3.30. The number of aromatic amines is 2. The smallest absolute Gasteiger partial charge is 0.407 e. The second-order valence-corrected chi connectivity index (χ2v) is 7.31. The summed E-state index contributed by atoms with van der Waals surface area (Å²) >= 11 is 0. The van der Waals surface area contributed by atoms with E-state index in [9.17, 15) is 9.59 Å². The van der Waals surface area contributed by atoms with Gasteiger partial charge in [-0.05, 0) is 25.5 Å². The van der Waals surface area contributed by atoms with Crippen LogP contribution in [-0.4, -0.2) is 66.8 Å². The number of hydrogen-bond donors (Lipinski definition) is 4. The fourth-order valence-corrected chi connectivity index (χ4v) is 3.34. The number of likely N-dealkylation sites (N-methyl/N-ethyl adjacent to an activating group) is 1. The van der Waals surface area contributed by atoms with Crippen LogP contribution in [0.2, 0.25) is 0 Å². The Morgan fingerprint density at radius 2 is 2.13 bits per heavy atom. The van der Waals surface area contributed by atoms with Gasteiger partial charge in [-0.15, -0.1) is 0 Å². The van der Waals surface area contributed by atoms with Crippen molar-refractivity contribution < 1.29 is 14.7 Å². The Labute approximate surface area is 171 Å². The van der Waals surface area contributed by atoms with Gasteiger partial charge in [-0.2, -0.15) is 5.10 Å². The lowest BCUT2D eigenvalue weighted by molar-refractivity contribution is 0.0929. The lowest BCUT2D eigenvalue weighted by Crippen LogP contribution is -2.42. The van der Waals surface area contributed by atoms with Gasteiger partial charge in [0.05, 0.1) is 17.3 Å². The van der Waals surface area contributed by atoms with Crippen LogP contribution in [0.1, 0.15) is 22.8 Å². The highest BCUT2D eigenvalue weighted by molar-refractivity contribution is 6.05. The molecule has 0 aliphatic rings. The van der Waals surface area contributed by atoms with Crippen LogP contribution in [0.15, 0.2) is 30.6 Å². The molecule has 0 saturated carbocycles. The van der Waals surface area contributed by atoms with Gasteiger partial charge in [0.2, 0.25) is 0 Å². The maximum absolute atomic E-state index is 12.7. The first-order valence-corrected chi connectivity index (χ1v) is 9.37. The summed E-state index contributed by atoms with van der Waals surface area (Å²) in [5.74, 6) is -0.360. The summed E-state index contributed by atoms with van der Waals surface area (Å²) in [4.78, 5) is 36.8. The molecule has 0 aliphatic carbocycles. The van der Waals surface area contributed by atoms with E-state index in [1.165, 1.54) is 7.05 Å². The van der Waals surface area contributed by atoms with Crippen LogP contribution in [0.5, 0.6) is 0 Å². The Hall–Kier alpha value is -3.95. The number of rotatable bonds is 5. The third-order valence-corrected chi connectivity index (χ3v) is 4.84. The van der Waals surface area contributed by atoms with Gasteiger partial charge in [0.25, 0.3) is 5.91 Å². The minimum absolute atomic E-state index is 0.166. The van der Waals surface area contributed by atoms with E-state index in [-0.39, 0.29) is 18.5 Å². The topological polar surface area (TPSA) is 140 Å². The number of amides is 2. The number of nitrogens with zero attached hydrogens (tertiary/aromatic N) is 4. The summed E-state index contributed by atoms with van der Waals surface area (Å²) in [6.07, 6.45) is 2.10. The van der Waals surface area contributed by atoms with Crippen molar-refractivity contribution in [1.82, 2.24) is 35.4 Å². The molecule has 0 aliphatic heterocycles. The van der Waals surface area contributed by atoms with E-state index in [2.05, 4.69) is 30.5 Å². The van der Waals surface area contributed by atoms with Crippen LogP contribution < -0.4 is 5.32 Å². The molecule has 4 rings (SSSR count). The molecular weight excluding hydrogens is 386 g/mol. The Kier molecular flexibility index (Phi) is 4.82. The zero-order valence-corrected chi connectivity index (χ0v) is 16.7. The molecule has 1 atom stereocenters. The van der Waals surface area contributed by atoms with E-state index in [1.54, 1.807) is 19.3 Å². The SMILES string of the molecule is Cc1ccc2c(-c3cnc4[nH]cc(C(=O)NC(C)CN(C)C(=O)O)c4n3)n[nH]c2c1. The minimum atomic E-state index is -1.06. The van der Waals surface area contributed by atoms with Gasteiger partial charge in [0.1, 0.15) is 16.9 Å². The molecule has 4 N–H and O–H groups in total. The third kappa shape index (κ3) is 3.54. The van der Waals surface area contributed by atoms with Crippen molar-refractivity contribution in [2.45, 2.75) is 19.9 Å². The number of benzene rings is 1. The predicted molar refractivity (Wildman–Crippen MR) is 111 cm³/mol. The molecule has 1 unspecified atom stereocenters. The molecule has 1 aromatic carbocycles. The van der Waals surface area contributed by atoms with Crippen LogP contribution in [-0.2, 0) is 0 Å². The zero-order chi connectivity index (χ0) is 21.4. The Morgan fingerprint density at radius 3 is 2.90 bits per heavy atom. The lowest BCUT2D eigenvalue weighted by atomic mass is 10.1. The quantitative estimate of drug-likeness (QED) is 0.401. The standard InChI is InChI=1S/C20H21N7O3/c1-10-4-5-12-14(6-10)25-26-16(12)15-8-22-18-17(24-15)13(7-21-18)19(28)23-11(2)9-27(3)20(29)30/h4-8,11H,9H2,1-3H3,(H,21,22)(H,23,28)(H,25,26)(H,29,30). The lowest BCUT2D eigenvalue weighted by Gasteiger charge is -2.19. The van der Waals surface area contributed by atoms with Crippen molar-refractivity contribution >= 4 is 34.1 Å². The normalized spacial score (nSPS) is 12.2. The first kappa shape index (κ1) is 19.4. The monoisotopic (exact) mass is 407 g/mol. The van der Waals surface area contributed by atoms with Gasteiger partial charge in [0.15, 0.2) is 5.65 Å². The molecule has 0 fully saturated rings. The fourth-order valence-electron chi connectivity index (χ4n) is 3.34. The van der Waals surface area contributed by atoms with E-state index in [0.29, 0.717) is 28.1 Å². The second-order valence-electron chi connectivity index (χ2n) is 7.31. The average molecular weight is 407 g/mol. The van der Waals surface area contributed by atoms with Crippen LogP contribution >= 0.6 is 0 Å². The molecule has 10 heteroatoms.